The predicted octanol–water partition coefficient (Wildman–Crippen LogP) is 3.56. The highest BCUT2D eigenvalue weighted by atomic mass is 35.5. The van der Waals surface area contributed by atoms with Gasteiger partial charge in [0.1, 0.15) is 5.58 Å². The van der Waals surface area contributed by atoms with Crippen LogP contribution in [0.15, 0.2) is 39.5 Å². The molecule has 0 aliphatic rings. The lowest BCUT2D eigenvalue weighted by molar-refractivity contribution is 0.170. The molecule has 1 aromatic heterocycles. The van der Waals surface area contributed by atoms with Gasteiger partial charge in [0.2, 0.25) is 0 Å². The molecule has 0 unspecified atom stereocenters. The largest absolute Gasteiger partial charge is 0.422 e. The molecule has 0 atom stereocenters. The van der Waals surface area contributed by atoms with E-state index in [1.54, 1.807) is 12.1 Å². The van der Waals surface area contributed by atoms with Crippen LogP contribution in [0.25, 0.3) is 11.0 Å². The van der Waals surface area contributed by atoms with E-state index in [0.717, 1.165) is 11.0 Å². The number of carbonyl (C=O) groups excluding carboxylic acids is 1. The molecule has 0 bridgehead atoms. The topological polar surface area (TPSA) is 121 Å². The standard InChI is InChI=1S/C24H28ClFN4O6S/c1-6-30(5)13-17-15-11-18(26)21(36-24(32)29(3)4)12-20(15)35-23(31)16(17)10-14-8-7-9-19(22(14)25)28-37(33,34)27-2/h7-9,11-12,27-28H,6,10,13H2,1-5H3. The Morgan fingerprint density at radius 2 is 1.89 bits per heavy atom. The maximum atomic E-state index is 15.0. The summed E-state index contributed by atoms with van der Waals surface area (Å²) in [6.07, 6.45) is -0.787. The molecular weight excluding hydrogens is 527 g/mol. The van der Waals surface area contributed by atoms with Crippen LogP contribution in [0.3, 0.4) is 0 Å². The smallest absolute Gasteiger partial charge is 0.414 e. The van der Waals surface area contributed by atoms with Crippen molar-refractivity contribution >= 4 is 44.6 Å². The Balaban J connectivity index is 2.16. The third-order valence-electron chi connectivity index (χ3n) is 5.66. The molecule has 3 aromatic rings. The van der Waals surface area contributed by atoms with Gasteiger partial charge in [0.25, 0.3) is 10.2 Å². The molecule has 0 spiro atoms. The van der Waals surface area contributed by atoms with Crippen LogP contribution >= 0.6 is 11.6 Å². The molecule has 200 valence electrons. The number of carbonyl (C=O) groups is 1. The van der Waals surface area contributed by atoms with Crippen molar-refractivity contribution in [2.75, 3.05) is 39.5 Å². The number of nitrogens with zero attached hydrogens (tertiary/aromatic N) is 2. The molecule has 0 aliphatic carbocycles. The minimum absolute atomic E-state index is 0.00188. The van der Waals surface area contributed by atoms with Crippen LogP contribution in [0.2, 0.25) is 5.02 Å². The first-order valence-corrected chi connectivity index (χ1v) is 13.1. The van der Waals surface area contributed by atoms with Gasteiger partial charge in [-0.1, -0.05) is 30.7 Å². The quantitative estimate of drug-likeness (QED) is 0.388. The fourth-order valence-corrected chi connectivity index (χ4v) is 4.35. The van der Waals surface area contributed by atoms with E-state index in [1.165, 1.54) is 33.3 Å². The summed E-state index contributed by atoms with van der Waals surface area (Å²) in [6.45, 7) is 2.86. The number of hydrogen-bond acceptors (Lipinski definition) is 7. The van der Waals surface area contributed by atoms with Gasteiger partial charge in [0.15, 0.2) is 11.6 Å². The van der Waals surface area contributed by atoms with Crippen molar-refractivity contribution in [3.05, 3.63) is 68.3 Å². The van der Waals surface area contributed by atoms with Gasteiger partial charge in [-0.15, -0.1) is 0 Å². The van der Waals surface area contributed by atoms with Crippen molar-refractivity contribution in [3.8, 4) is 5.75 Å². The van der Waals surface area contributed by atoms with E-state index >= 15 is 0 Å². The summed E-state index contributed by atoms with van der Waals surface area (Å²) in [7, 11) is 2.18. The molecule has 0 saturated carbocycles. The number of nitrogens with one attached hydrogen (secondary N) is 2. The fraction of sp³-hybridized carbons (Fsp3) is 0.333. The monoisotopic (exact) mass is 554 g/mol. The molecule has 0 aliphatic heterocycles. The van der Waals surface area contributed by atoms with E-state index < -0.39 is 27.7 Å². The normalized spacial score (nSPS) is 11.7. The van der Waals surface area contributed by atoms with Crippen molar-refractivity contribution in [3.63, 3.8) is 0 Å². The average molecular weight is 555 g/mol. The first-order valence-electron chi connectivity index (χ1n) is 11.2. The number of rotatable bonds is 9. The molecule has 1 heterocycles. The number of fused-ring (bicyclic) bond motifs is 1. The molecule has 0 radical (unpaired) electrons. The molecular formula is C24H28ClFN4O6S. The maximum Gasteiger partial charge on any atom is 0.414 e. The van der Waals surface area contributed by atoms with Crippen molar-refractivity contribution in [2.45, 2.75) is 19.9 Å². The van der Waals surface area contributed by atoms with Crippen LogP contribution < -0.4 is 19.8 Å². The zero-order valence-corrected chi connectivity index (χ0v) is 22.6. The second-order valence-corrected chi connectivity index (χ2v) is 10.5. The van der Waals surface area contributed by atoms with E-state index in [1.807, 2.05) is 18.9 Å². The van der Waals surface area contributed by atoms with E-state index in [0.29, 0.717) is 23.1 Å². The van der Waals surface area contributed by atoms with Gasteiger partial charge < -0.3 is 19.0 Å². The number of amides is 1. The van der Waals surface area contributed by atoms with E-state index in [-0.39, 0.29) is 40.6 Å². The van der Waals surface area contributed by atoms with Crippen molar-refractivity contribution in [2.24, 2.45) is 0 Å². The average Bonchev–Trinajstić information content (AvgIpc) is 2.84. The third-order valence-corrected chi connectivity index (χ3v) is 7.13. The van der Waals surface area contributed by atoms with Gasteiger partial charge in [-0.05, 0) is 36.9 Å². The number of anilines is 1. The highest BCUT2D eigenvalue weighted by Gasteiger charge is 2.22. The van der Waals surface area contributed by atoms with E-state index in [9.17, 15) is 22.4 Å². The van der Waals surface area contributed by atoms with Crippen LogP contribution in [-0.2, 0) is 23.2 Å². The summed E-state index contributed by atoms with van der Waals surface area (Å²) >= 11 is 6.49. The molecule has 1 amide bonds. The van der Waals surface area contributed by atoms with E-state index in [4.69, 9.17) is 20.8 Å². The highest BCUT2D eigenvalue weighted by Crippen LogP contribution is 2.32. The zero-order chi connectivity index (χ0) is 27.5. The molecule has 0 saturated heterocycles. The second kappa shape index (κ2) is 11.5. The summed E-state index contributed by atoms with van der Waals surface area (Å²) in [4.78, 5) is 28.2. The number of benzene rings is 2. The highest BCUT2D eigenvalue weighted by molar-refractivity contribution is 7.90. The van der Waals surface area contributed by atoms with Gasteiger partial charge in [0, 0.05) is 51.1 Å². The Labute approximate surface area is 219 Å². The zero-order valence-electron chi connectivity index (χ0n) is 21.0. The summed E-state index contributed by atoms with van der Waals surface area (Å²) in [5.74, 6) is -1.17. The van der Waals surface area contributed by atoms with Crippen molar-refractivity contribution in [1.82, 2.24) is 14.5 Å². The van der Waals surface area contributed by atoms with Gasteiger partial charge in [-0.3, -0.25) is 4.72 Å². The lowest BCUT2D eigenvalue weighted by atomic mass is 9.97. The number of ether oxygens (including phenoxy) is 1. The van der Waals surface area contributed by atoms with Gasteiger partial charge in [-0.2, -0.15) is 8.42 Å². The lowest BCUT2D eigenvalue weighted by Gasteiger charge is -2.19. The summed E-state index contributed by atoms with van der Waals surface area (Å²) in [5.41, 5.74) is 0.711. The number of halogens is 2. The Morgan fingerprint density at radius 3 is 2.51 bits per heavy atom. The minimum atomic E-state index is -3.82. The summed E-state index contributed by atoms with van der Waals surface area (Å²) in [6, 6.07) is 7.08. The Bertz CT molecular complexity index is 1490. The van der Waals surface area contributed by atoms with Crippen LogP contribution in [0, 0.1) is 5.82 Å². The maximum absolute atomic E-state index is 15.0. The molecule has 2 N–H and O–H groups in total. The predicted molar refractivity (Wildman–Crippen MR) is 140 cm³/mol. The fourth-order valence-electron chi connectivity index (χ4n) is 3.49. The molecule has 3 rings (SSSR count). The Morgan fingerprint density at radius 1 is 1.19 bits per heavy atom. The van der Waals surface area contributed by atoms with Crippen molar-refractivity contribution in [1.29, 1.82) is 0 Å². The van der Waals surface area contributed by atoms with E-state index in [2.05, 4.69) is 9.44 Å². The third kappa shape index (κ3) is 6.58. The molecule has 10 nitrogen and oxygen atoms in total. The van der Waals surface area contributed by atoms with Crippen LogP contribution in [0.4, 0.5) is 14.9 Å². The first kappa shape index (κ1) is 28.4. The molecule has 2 aromatic carbocycles. The van der Waals surface area contributed by atoms with Crippen LogP contribution in [-0.4, -0.2) is 59.0 Å². The van der Waals surface area contributed by atoms with Crippen molar-refractivity contribution < 1.29 is 26.8 Å². The molecule has 0 fully saturated rings. The van der Waals surface area contributed by atoms with Gasteiger partial charge in [0.05, 0.1) is 10.7 Å². The summed E-state index contributed by atoms with van der Waals surface area (Å²) < 4.78 is 53.9. The lowest BCUT2D eigenvalue weighted by Crippen LogP contribution is -2.26. The SMILES string of the molecule is CCN(C)Cc1c(Cc2cccc(NS(=O)(=O)NC)c2Cl)c(=O)oc2cc(OC(=O)N(C)C)c(F)cc12. The summed E-state index contributed by atoms with van der Waals surface area (Å²) in [5, 5.41) is 0.438. The first-order chi connectivity index (χ1) is 17.4. The Hall–Kier alpha value is -3.19. The Kier molecular flexibility index (Phi) is 8.80. The van der Waals surface area contributed by atoms with Gasteiger partial charge in [-0.25, -0.2) is 18.7 Å². The molecule has 13 heteroatoms. The van der Waals surface area contributed by atoms with Crippen LogP contribution in [0.1, 0.15) is 23.6 Å². The molecule has 37 heavy (non-hydrogen) atoms. The second-order valence-electron chi connectivity index (χ2n) is 8.48. The van der Waals surface area contributed by atoms with Gasteiger partial charge >= 0.3 is 11.7 Å². The number of hydrogen-bond donors (Lipinski definition) is 2. The minimum Gasteiger partial charge on any atom is -0.422 e. The van der Waals surface area contributed by atoms with Crippen LogP contribution in [0.5, 0.6) is 5.75 Å².